The molecule has 2 rings (SSSR count). The van der Waals surface area contributed by atoms with Gasteiger partial charge in [-0.1, -0.05) is 6.07 Å². The summed E-state index contributed by atoms with van der Waals surface area (Å²) < 4.78 is 24.0. The second kappa shape index (κ2) is 9.91. The lowest BCUT2D eigenvalue weighted by Gasteiger charge is -2.32. The summed E-state index contributed by atoms with van der Waals surface area (Å²) in [6, 6.07) is 5.07. The molecule has 2 amide bonds. The van der Waals surface area contributed by atoms with Crippen LogP contribution in [-0.4, -0.2) is 67.2 Å². The fraction of sp³-hybridized carbons (Fsp3) is 0.619. The zero-order valence-corrected chi connectivity index (χ0v) is 18.0. The van der Waals surface area contributed by atoms with E-state index >= 15 is 0 Å². The average Bonchev–Trinajstić information content (AvgIpc) is 2.62. The maximum absolute atomic E-state index is 13.8. The Morgan fingerprint density at radius 3 is 2.48 bits per heavy atom. The number of benzene rings is 1. The smallest absolute Gasteiger partial charge is 0.410 e. The van der Waals surface area contributed by atoms with Crippen LogP contribution in [0, 0.1) is 5.82 Å². The average molecular weight is 410 g/mol. The summed E-state index contributed by atoms with van der Waals surface area (Å²) in [5, 5.41) is 2.98. The van der Waals surface area contributed by atoms with E-state index in [1.165, 1.54) is 18.1 Å². The van der Waals surface area contributed by atoms with Crippen molar-refractivity contribution in [3.63, 3.8) is 0 Å². The maximum atomic E-state index is 13.8. The van der Waals surface area contributed by atoms with Gasteiger partial charge in [-0.25, -0.2) is 9.18 Å². The van der Waals surface area contributed by atoms with Gasteiger partial charge in [-0.05, 0) is 51.3 Å². The van der Waals surface area contributed by atoms with Crippen LogP contribution in [0.4, 0.5) is 9.18 Å². The van der Waals surface area contributed by atoms with Crippen molar-refractivity contribution in [3.8, 4) is 5.75 Å². The molecule has 0 aliphatic carbocycles. The molecular formula is C21H32FN3O4. The molecule has 1 aromatic carbocycles. The summed E-state index contributed by atoms with van der Waals surface area (Å²) in [6.45, 7) is 7.58. The van der Waals surface area contributed by atoms with Crippen LogP contribution < -0.4 is 10.1 Å². The Kier molecular flexibility index (Phi) is 7.84. The first-order valence-corrected chi connectivity index (χ1v) is 9.85. The molecular weight excluding hydrogens is 377 g/mol. The molecule has 0 spiro atoms. The van der Waals surface area contributed by atoms with Crippen LogP contribution in [0.25, 0.3) is 0 Å². The van der Waals surface area contributed by atoms with Gasteiger partial charge >= 0.3 is 6.09 Å². The molecule has 0 saturated carbocycles. The first kappa shape index (κ1) is 22.9. The Labute approximate surface area is 172 Å². The number of carbonyl (C=O) groups excluding carboxylic acids is 2. The summed E-state index contributed by atoms with van der Waals surface area (Å²) in [5.41, 5.74) is 0.298. The van der Waals surface area contributed by atoms with Crippen molar-refractivity contribution in [2.75, 3.05) is 33.8 Å². The van der Waals surface area contributed by atoms with Gasteiger partial charge in [0.25, 0.3) is 0 Å². The highest BCUT2D eigenvalue weighted by atomic mass is 19.1. The Morgan fingerprint density at radius 1 is 1.28 bits per heavy atom. The molecule has 1 heterocycles. The Hall–Kier alpha value is -2.35. The molecule has 1 aliphatic rings. The van der Waals surface area contributed by atoms with Crippen LogP contribution in [0.15, 0.2) is 18.2 Å². The van der Waals surface area contributed by atoms with E-state index in [0.29, 0.717) is 6.54 Å². The molecule has 7 nitrogen and oxygen atoms in total. The van der Waals surface area contributed by atoms with Gasteiger partial charge in [0, 0.05) is 32.7 Å². The second-order valence-corrected chi connectivity index (χ2v) is 8.42. The highest BCUT2D eigenvalue weighted by Gasteiger charge is 2.24. The number of rotatable bonds is 6. The Balaban J connectivity index is 1.74. The Morgan fingerprint density at radius 2 is 1.93 bits per heavy atom. The molecule has 0 radical (unpaired) electrons. The summed E-state index contributed by atoms with van der Waals surface area (Å²) in [5.74, 6) is -0.318. The van der Waals surface area contributed by atoms with E-state index in [1.54, 1.807) is 33.9 Å². The highest BCUT2D eigenvalue weighted by molar-refractivity contribution is 5.82. The van der Waals surface area contributed by atoms with Crippen LogP contribution in [0.2, 0.25) is 0 Å². The third-order valence-electron chi connectivity index (χ3n) is 4.66. The molecule has 29 heavy (non-hydrogen) atoms. The van der Waals surface area contributed by atoms with Gasteiger partial charge in [0.15, 0.2) is 11.6 Å². The van der Waals surface area contributed by atoms with E-state index in [4.69, 9.17) is 9.47 Å². The predicted molar refractivity (Wildman–Crippen MR) is 108 cm³/mol. The quantitative estimate of drug-likeness (QED) is 0.782. The van der Waals surface area contributed by atoms with Gasteiger partial charge in [-0.15, -0.1) is 0 Å². The van der Waals surface area contributed by atoms with Gasteiger partial charge in [0.05, 0.1) is 7.11 Å². The first-order chi connectivity index (χ1) is 13.6. The second-order valence-electron chi connectivity index (χ2n) is 8.42. The van der Waals surface area contributed by atoms with Crippen LogP contribution in [0.5, 0.6) is 5.75 Å². The van der Waals surface area contributed by atoms with E-state index < -0.39 is 11.7 Å². The number of amides is 2. The number of piperidine rings is 1. The number of likely N-dealkylation sites (N-methyl/N-ethyl adjacent to an activating group) is 1. The van der Waals surface area contributed by atoms with Crippen LogP contribution in [0.3, 0.4) is 0 Å². The molecule has 0 unspecified atom stereocenters. The fourth-order valence-corrected chi connectivity index (χ4v) is 3.19. The van der Waals surface area contributed by atoms with Crippen LogP contribution >= 0.6 is 0 Å². The number of hydrogen-bond donors (Lipinski definition) is 1. The van der Waals surface area contributed by atoms with Crippen LogP contribution in [-0.2, 0) is 16.1 Å². The molecule has 1 N–H and O–H groups in total. The third kappa shape index (κ3) is 7.53. The molecule has 1 fully saturated rings. The van der Waals surface area contributed by atoms with Crippen molar-refractivity contribution in [2.24, 2.45) is 0 Å². The van der Waals surface area contributed by atoms with Crippen LogP contribution in [0.1, 0.15) is 39.2 Å². The van der Waals surface area contributed by atoms with Gasteiger partial charge in [0.2, 0.25) is 5.91 Å². The lowest BCUT2D eigenvalue weighted by Crippen LogP contribution is -2.48. The van der Waals surface area contributed by atoms with Crippen molar-refractivity contribution >= 4 is 12.0 Å². The molecule has 162 valence electrons. The highest BCUT2D eigenvalue weighted by Crippen LogP contribution is 2.20. The van der Waals surface area contributed by atoms with Crippen molar-refractivity contribution in [1.29, 1.82) is 0 Å². The van der Waals surface area contributed by atoms with Crippen molar-refractivity contribution in [1.82, 2.24) is 15.1 Å². The molecule has 0 aromatic heterocycles. The van der Waals surface area contributed by atoms with Crippen molar-refractivity contribution < 1.29 is 23.5 Å². The minimum Gasteiger partial charge on any atom is -0.494 e. The molecule has 1 saturated heterocycles. The molecule has 1 aromatic rings. The van der Waals surface area contributed by atoms with Gasteiger partial charge in [-0.2, -0.15) is 0 Å². The number of methoxy groups -OCH3 is 1. The number of carbonyl (C=O) groups is 2. The number of halogens is 1. The molecule has 1 aliphatic heterocycles. The van der Waals surface area contributed by atoms with E-state index in [9.17, 15) is 14.0 Å². The lowest BCUT2D eigenvalue weighted by atomic mass is 10.0. The maximum Gasteiger partial charge on any atom is 0.410 e. The molecule has 8 heteroatoms. The van der Waals surface area contributed by atoms with Crippen molar-refractivity contribution in [2.45, 2.75) is 51.8 Å². The van der Waals surface area contributed by atoms with E-state index in [1.807, 2.05) is 6.07 Å². The summed E-state index contributed by atoms with van der Waals surface area (Å²) >= 11 is 0. The van der Waals surface area contributed by atoms with E-state index in [2.05, 4.69) is 10.2 Å². The molecule has 0 bridgehead atoms. The van der Waals surface area contributed by atoms with Crippen molar-refractivity contribution in [3.05, 3.63) is 29.6 Å². The van der Waals surface area contributed by atoms with Gasteiger partial charge < -0.3 is 19.7 Å². The minimum absolute atomic E-state index is 0.0414. The standard InChI is InChI=1S/C21H32FN3O4/c1-21(2,3)29-20(27)24(4)14-19(26)23-16-8-10-25(11-9-16)13-15-6-7-18(28-5)17(22)12-15/h6-7,12,16H,8-11,13-14H2,1-5H3,(H,23,26). The monoisotopic (exact) mass is 409 g/mol. The number of likely N-dealkylation sites (tertiary alicyclic amines) is 1. The first-order valence-electron chi connectivity index (χ1n) is 9.85. The largest absolute Gasteiger partial charge is 0.494 e. The van der Waals surface area contributed by atoms with Gasteiger partial charge in [-0.3, -0.25) is 9.69 Å². The summed E-state index contributed by atoms with van der Waals surface area (Å²) in [4.78, 5) is 27.7. The number of nitrogens with one attached hydrogen (secondary N) is 1. The summed E-state index contributed by atoms with van der Waals surface area (Å²) in [7, 11) is 2.99. The zero-order valence-electron chi connectivity index (χ0n) is 18.0. The lowest BCUT2D eigenvalue weighted by molar-refractivity contribution is -0.123. The van der Waals surface area contributed by atoms with E-state index in [-0.39, 0.29) is 30.1 Å². The third-order valence-corrected chi connectivity index (χ3v) is 4.66. The number of ether oxygens (including phenoxy) is 2. The number of nitrogens with zero attached hydrogens (tertiary/aromatic N) is 2. The SMILES string of the molecule is COc1ccc(CN2CCC(NC(=O)CN(C)C(=O)OC(C)(C)C)CC2)cc1F. The normalized spacial score (nSPS) is 15.7. The number of hydrogen-bond acceptors (Lipinski definition) is 5. The van der Waals surface area contributed by atoms with Gasteiger partial charge in [0.1, 0.15) is 12.1 Å². The fourth-order valence-electron chi connectivity index (χ4n) is 3.19. The molecule has 0 atom stereocenters. The Bertz CT molecular complexity index is 712. The zero-order chi connectivity index (χ0) is 21.6. The predicted octanol–water partition coefficient (Wildman–Crippen LogP) is 2.78. The minimum atomic E-state index is -0.596. The topological polar surface area (TPSA) is 71.1 Å². The summed E-state index contributed by atoms with van der Waals surface area (Å²) in [6.07, 6.45) is 1.09. The van der Waals surface area contributed by atoms with E-state index in [0.717, 1.165) is 31.5 Å².